The van der Waals surface area contributed by atoms with Crippen molar-refractivity contribution in [1.82, 2.24) is 14.8 Å². The number of carbonyl (C=O) groups is 1. The van der Waals surface area contributed by atoms with Crippen LogP contribution in [0.25, 0.3) is 10.7 Å². The molecule has 1 amide bonds. The third-order valence-electron chi connectivity index (χ3n) is 4.71. The van der Waals surface area contributed by atoms with E-state index in [-0.39, 0.29) is 17.5 Å². The number of halogens is 3. The van der Waals surface area contributed by atoms with Gasteiger partial charge in [-0.2, -0.15) is 13.2 Å². The molecule has 0 aliphatic carbocycles. The summed E-state index contributed by atoms with van der Waals surface area (Å²) in [5.41, 5.74) is -1.14. The molecule has 1 atom stereocenters. The van der Waals surface area contributed by atoms with E-state index in [0.29, 0.717) is 24.1 Å². The number of nitrogens with zero attached hydrogens (tertiary/aromatic N) is 3. The van der Waals surface area contributed by atoms with Crippen molar-refractivity contribution in [3.63, 3.8) is 0 Å². The van der Waals surface area contributed by atoms with E-state index in [4.69, 9.17) is 4.74 Å². The van der Waals surface area contributed by atoms with Gasteiger partial charge in [-0.3, -0.25) is 9.36 Å². The monoisotopic (exact) mass is 468 g/mol. The van der Waals surface area contributed by atoms with Crippen LogP contribution in [0.2, 0.25) is 0 Å². The van der Waals surface area contributed by atoms with Crippen LogP contribution < -0.4 is 5.32 Å². The molecule has 31 heavy (non-hydrogen) atoms. The SMILES string of the molecule is O=C(CSc1nnc(-c2cccs2)n1CC1CCCO1)Nc1ccccc1C(F)(F)F. The second kappa shape index (κ2) is 9.41. The number of anilines is 1. The van der Waals surface area contributed by atoms with E-state index in [1.165, 1.54) is 29.5 Å². The predicted molar refractivity (Wildman–Crippen MR) is 113 cm³/mol. The predicted octanol–water partition coefficient (Wildman–Crippen LogP) is 4.94. The Bertz CT molecular complexity index is 1030. The lowest BCUT2D eigenvalue weighted by atomic mass is 10.1. The molecule has 4 rings (SSSR count). The summed E-state index contributed by atoms with van der Waals surface area (Å²) in [6.45, 7) is 1.27. The molecule has 164 valence electrons. The molecule has 3 aromatic rings. The number of carbonyl (C=O) groups excluding carboxylic acids is 1. The first-order chi connectivity index (χ1) is 14.9. The molecule has 1 fully saturated rings. The Morgan fingerprint density at radius 3 is 2.81 bits per heavy atom. The Hall–Kier alpha value is -2.37. The van der Waals surface area contributed by atoms with Gasteiger partial charge in [0, 0.05) is 6.61 Å². The van der Waals surface area contributed by atoms with Crippen LogP contribution in [0.3, 0.4) is 0 Å². The van der Waals surface area contributed by atoms with Crippen LogP contribution in [-0.4, -0.2) is 39.1 Å². The molecule has 1 saturated heterocycles. The topological polar surface area (TPSA) is 69.0 Å². The van der Waals surface area contributed by atoms with Crippen LogP contribution in [0.15, 0.2) is 46.9 Å². The number of thiophene rings is 1. The summed E-state index contributed by atoms with van der Waals surface area (Å²) < 4.78 is 47.1. The van der Waals surface area contributed by atoms with Crippen LogP contribution >= 0.6 is 23.1 Å². The van der Waals surface area contributed by atoms with Gasteiger partial charge < -0.3 is 10.1 Å². The van der Waals surface area contributed by atoms with Crippen molar-refractivity contribution in [2.45, 2.75) is 36.8 Å². The normalized spacial score (nSPS) is 16.5. The largest absolute Gasteiger partial charge is 0.418 e. The first-order valence-corrected chi connectivity index (χ1v) is 11.5. The van der Waals surface area contributed by atoms with E-state index in [2.05, 4.69) is 15.5 Å². The van der Waals surface area contributed by atoms with Crippen molar-refractivity contribution in [3.05, 3.63) is 47.3 Å². The minimum absolute atomic E-state index is 0.0431. The van der Waals surface area contributed by atoms with Gasteiger partial charge in [-0.05, 0) is 36.4 Å². The zero-order valence-electron chi connectivity index (χ0n) is 16.3. The molecule has 0 bridgehead atoms. The van der Waals surface area contributed by atoms with Crippen LogP contribution in [0.4, 0.5) is 18.9 Å². The first kappa shape index (κ1) is 21.8. The standard InChI is InChI=1S/C20H19F3N4O2S2/c21-20(22,23)14-6-1-2-7-15(14)24-17(28)12-31-19-26-25-18(16-8-4-10-30-16)27(19)11-13-5-3-9-29-13/h1-2,4,6-8,10,13H,3,5,9,11-12H2,(H,24,28). The molecule has 1 unspecified atom stereocenters. The summed E-state index contributed by atoms with van der Waals surface area (Å²) >= 11 is 2.67. The molecule has 6 nitrogen and oxygen atoms in total. The lowest BCUT2D eigenvalue weighted by molar-refractivity contribution is -0.137. The zero-order valence-corrected chi connectivity index (χ0v) is 17.9. The molecule has 2 aromatic heterocycles. The summed E-state index contributed by atoms with van der Waals surface area (Å²) in [6, 6.07) is 8.77. The summed E-state index contributed by atoms with van der Waals surface area (Å²) in [5.74, 6) is 0.0437. The summed E-state index contributed by atoms with van der Waals surface area (Å²) in [5, 5.41) is 13.3. The van der Waals surface area contributed by atoms with Crippen molar-refractivity contribution >= 4 is 34.7 Å². The lowest BCUT2D eigenvalue weighted by Gasteiger charge is -2.15. The summed E-state index contributed by atoms with van der Waals surface area (Å²) in [4.78, 5) is 13.3. The van der Waals surface area contributed by atoms with Crippen molar-refractivity contribution < 1.29 is 22.7 Å². The molecule has 0 saturated carbocycles. The van der Waals surface area contributed by atoms with E-state index >= 15 is 0 Å². The smallest absolute Gasteiger partial charge is 0.376 e. The van der Waals surface area contributed by atoms with Crippen molar-refractivity contribution in [3.8, 4) is 10.7 Å². The molecule has 11 heteroatoms. The Balaban J connectivity index is 1.48. The fraction of sp³-hybridized carbons (Fsp3) is 0.350. The summed E-state index contributed by atoms with van der Waals surface area (Å²) in [6.07, 6.45) is -2.58. The highest BCUT2D eigenvalue weighted by Crippen LogP contribution is 2.35. The third kappa shape index (κ3) is 5.28. The quantitative estimate of drug-likeness (QED) is 0.498. The van der Waals surface area contributed by atoms with Crippen LogP contribution in [0.1, 0.15) is 18.4 Å². The van der Waals surface area contributed by atoms with E-state index in [0.717, 1.165) is 35.5 Å². The fourth-order valence-corrected chi connectivity index (χ4v) is 4.76. The Morgan fingerprint density at radius 1 is 1.26 bits per heavy atom. The van der Waals surface area contributed by atoms with E-state index in [1.807, 2.05) is 22.1 Å². The minimum atomic E-state index is -4.55. The van der Waals surface area contributed by atoms with Crippen molar-refractivity contribution in [1.29, 1.82) is 0 Å². The highest BCUT2D eigenvalue weighted by atomic mass is 32.2. The van der Waals surface area contributed by atoms with Gasteiger partial charge in [-0.25, -0.2) is 0 Å². The molecule has 1 N–H and O–H groups in total. The van der Waals surface area contributed by atoms with E-state index in [1.54, 1.807) is 0 Å². The Morgan fingerprint density at radius 2 is 2.10 bits per heavy atom. The Kier molecular flexibility index (Phi) is 6.63. The summed E-state index contributed by atoms with van der Waals surface area (Å²) in [7, 11) is 0. The number of hydrogen-bond donors (Lipinski definition) is 1. The van der Waals surface area contributed by atoms with Gasteiger partial charge in [0.25, 0.3) is 0 Å². The molecular formula is C20H19F3N4O2S2. The number of amides is 1. The number of para-hydroxylation sites is 1. The third-order valence-corrected chi connectivity index (χ3v) is 6.54. The number of thioether (sulfide) groups is 1. The molecule has 1 aliphatic heterocycles. The molecule has 1 aromatic carbocycles. The van der Waals surface area contributed by atoms with Gasteiger partial charge in [-0.1, -0.05) is 30.0 Å². The Labute approximate surface area is 184 Å². The number of benzene rings is 1. The van der Waals surface area contributed by atoms with Gasteiger partial charge in [-0.15, -0.1) is 21.5 Å². The fourth-order valence-electron chi connectivity index (χ4n) is 3.30. The average Bonchev–Trinajstić information content (AvgIpc) is 3.49. The average molecular weight is 469 g/mol. The molecular weight excluding hydrogens is 449 g/mol. The number of nitrogens with one attached hydrogen (secondary N) is 1. The highest BCUT2D eigenvalue weighted by Gasteiger charge is 2.33. The first-order valence-electron chi connectivity index (χ1n) is 9.59. The molecule has 1 aliphatic rings. The van der Waals surface area contributed by atoms with Crippen LogP contribution in [0, 0.1) is 0 Å². The minimum Gasteiger partial charge on any atom is -0.376 e. The van der Waals surface area contributed by atoms with Crippen LogP contribution in [-0.2, 0) is 22.3 Å². The maximum Gasteiger partial charge on any atom is 0.418 e. The maximum absolute atomic E-state index is 13.1. The number of ether oxygens (including phenoxy) is 1. The van der Waals surface area contributed by atoms with Gasteiger partial charge in [0.2, 0.25) is 5.91 Å². The number of rotatable bonds is 7. The molecule has 0 radical (unpaired) electrons. The van der Waals surface area contributed by atoms with Crippen molar-refractivity contribution in [2.75, 3.05) is 17.7 Å². The second-order valence-electron chi connectivity index (χ2n) is 6.91. The van der Waals surface area contributed by atoms with E-state index < -0.39 is 17.6 Å². The van der Waals surface area contributed by atoms with Crippen molar-refractivity contribution in [2.24, 2.45) is 0 Å². The number of aromatic nitrogens is 3. The molecule has 0 spiro atoms. The van der Waals surface area contributed by atoms with Gasteiger partial charge >= 0.3 is 6.18 Å². The lowest BCUT2D eigenvalue weighted by Crippen LogP contribution is -2.19. The number of hydrogen-bond acceptors (Lipinski definition) is 6. The van der Waals surface area contributed by atoms with Gasteiger partial charge in [0.15, 0.2) is 11.0 Å². The molecule has 3 heterocycles. The number of alkyl halides is 3. The van der Waals surface area contributed by atoms with Gasteiger partial charge in [0.1, 0.15) is 0 Å². The van der Waals surface area contributed by atoms with E-state index in [9.17, 15) is 18.0 Å². The van der Waals surface area contributed by atoms with Gasteiger partial charge in [0.05, 0.1) is 34.5 Å². The van der Waals surface area contributed by atoms with Crippen LogP contribution in [0.5, 0.6) is 0 Å². The second-order valence-corrected chi connectivity index (χ2v) is 8.80. The maximum atomic E-state index is 13.1. The highest BCUT2D eigenvalue weighted by molar-refractivity contribution is 7.99. The zero-order chi connectivity index (χ0) is 21.8.